The summed E-state index contributed by atoms with van der Waals surface area (Å²) < 4.78 is 5.24. The van der Waals surface area contributed by atoms with Gasteiger partial charge >= 0.3 is 6.03 Å². The molecule has 0 aliphatic heterocycles. The minimum Gasteiger partial charge on any atom is -0.496 e. The molecule has 0 atom stereocenters. The van der Waals surface area contributed by atoms with Crippen LogP contribution in [0.5, 0.6) is 5.75 Å². The molecule has 0 saturated carbocycles. The van der Waals surface area contributed by atoms with E-state index in [1.807, 2.05) is 30.3 Å². The van der Waals surface area contributed by atoms with Crippen LogP contribution in [0.15, 0.2) is 42.5 Å². The summed E-state index contributed by atoms with van der Waals surface area (Å²) in [5.41, 5.74) is 2.84. The number of benzene rings is 2. The minimum absolute atomic E-state index is 0.0368. The van der Waals surface area contributed by atoms with Crippen molar-refractivity contribution in [2.75, 3.05) is 13.7 Å². The standard InChI is InChI=1S/C18H21ClN2O3/c1-24-17-10-16(19)7-6-15(17)11-21-18(23)20-9-8-13-2-4-14(12-22)5-3-13/h2-7,10,22H,8-9,11-12H2,1H3,(H2,20,21,23). The summed E-state index contributed by atoms with van der Waals surface area (Å²) in [6, 6.07) is 12.7. The molecular weight excluding hydrogens is 328 g/mol. The molecule has 5 nitrogen and oxygen atoms in total. The van der Waals surface area contributed by atoms with Gasteiger partial charge in [-0.3, -0.25) is 0 Å². The number of ether oxygens (including phenoxy) is 1. The van der Waals surface area contributed by atoms with E-state index < -0.39 is 0 Å². The molecule has 24 heavy (non-hydrogen) atoms. The van der Waals surface area contributed by atoms with Crippen LogP contribution < -0.4 is 15.4 Å². The van der Waals surface area contributed by atoms with E-state index in [1.165, 1.54) is 0 Å². The fourth-order valence-corrected chi connectivity index (χ4v) is 2.40. The molecule has 2 amide bonds. The van der Waals surface area contributed by atoms with E-state index in [1.54, 1.807) is 19.2 Å². The molecule has 0 saturated heterocycles. The average Bonchev–Trinajstić information content (AvgIpc) is 2.61. The van der Waals surface area contributed by atoms with E-state index >= 15 is 0 Å². The molecule has 0 heterocycles. The predicted octanol–water partition coefficient (Wildman–Crippen LogP) is 2.88. The van der Waals surface area contributed by atoms with Crippen molar-refractivity contribution in [3.63, 3.8) is 0 Å². The van der Waals surface area contributed by atoms with Crippen LogP contribution in [-0.2, 0) is 19.6 Å². The molecule has 0 aliphatic carbocycles. The number of carbonyl (C=O) groups excluding carboxylic acids is 1. The first kappa shape index (κ1) is 18.1. The Hall–Kier alpha value is -2.24. The fourth-order valence-electron chi connectivity index (χ4n) is 2.23. The molecule has 6 heteroatoms. The number of aliphatic hydroxyl groups is 1. The molecule has 0 aliphatic rings. The highest BCUT2D eigenvalue weighted by molar-refractivity contribution is 6.30. The van der Waals surface area contributed by atoms with E-state index in [0.717, 1.165) is 23.1 Å². The zero-order chi connectivity index (χ0) is 17.4. The number of urea groups is 1. The number of aliphatic hydroxyl groups excluding tert-OH is 1. The summed E-state index contributed by atoms with van der Waals surface area (Å²) in [6.45, 7) is 0.925. The van der Waals surface area contributed by atoms with Crippen LogP contribution in [0.25, 0.3) is 0 Å². The first-order valence-electron chi connectivity index (χ1n) is 7.65. The quantitative estimate of drug-likeness (QED) is 0.720. The van der Waals surface area contributed by atoms with Gasteiger partial charge in [0.15, 0.2) is 0 Å². The second kappa shape index (κ2) is 9.15. The molecule has 0 unspecified atom stereocenters. The van der Waals surface area contributed by atoms with E-state index in [4.69, 9.17) is 21.4 Å². The van der Waals surface area contributed by atoms with Gasteiger partial charge in [-0.15, -0.1) is 0 Å². The number of amides is 2. The normalized spacial score (nSPS) is 10.3. The van der Waals surface area contributed by atoms with Crippen molar-refractivity contribution in [2.45, 2.75) is 19.6 Å². The zero-order valence-corrected chi connectivity index (χ0v) is 14.3. The molecule has 3 N–H and O–H groups in total. The molecule has 0 fully saturated rings. The van der Waals surface area contributed by atoms with Crippen molar-refractivity contribution in [3.8, 4) is 5.75 Å². The van der Waals surface area contributed by atoms with Crippen molar-refractivity contribution in [3.05, 3.63) is 64.2 Å². The highest BCUT2D eigenvalue weighted by atomic mass is 35.5. The largest absolute Gasteiger partial charge is 0.496 e. The lowest BCUT2D eigenvalue weighted by molar-refractivity contribution is 0.240. The third kappa shape index (κ3) is 5.44. The van der Waals surface area contributed by atoms with E-state index in [2.05, 4.69) is 10.6 Å². The Morgan fingerprint density at radius 1 is 1.12 bits per heavy atom. The van der Waals surface area contributed by atoms with Crippen molar-refractivity contribution >= 4 is 17.6 Å². The van der Waals surface area contributed by atoms with Crippen molar-refractivity contribution in [2.24, 2.45) is 0 Å². The number of rotatable bonds is 7. The van der Waals surface area contributed by atoms with Crippen molar-refractivity contribution in [1.29, 1.82) is 0 Å². The van der Waals surface area contributed by atoms with Gasteiger partial charge in [0.05, 0.1) is 13.7 Å². The van der Waals surface area contributed by atoms with Gasteiger partial charge in [0, 0.05) is 23.7 Å². The van der Waals surface area contributed by atoms with Crippen molar-refractivity contribution < 1.29 is 14.6 Å². The monoisotopic (exact) mass is 348 g/mol. The molecule has 128 valence electrons. The lowest BCUT2D eigenvalue weighted by atomic mass is 10.1. The summed E-state index contributed by atoms with van der Waals surface area (Å²) >= 11 is 5.91. The van der Waals surface area contributed by atoms with Gasteiger partial charge in [-0.05, 0) is 29.7 Å². The van der Waals surface area contributed by atoms with Crippen LogP contribution in [0.2, 0.25) is 5.02 Å². The number of methoxy groups -OCH3 is 1. The Labute approximate surface area is 146 Å². The maximum absolute atomic E-state index is 11.9. The molecule has 0 radical (unpaired) electrons. The number of nitrogens with one attached hydrogen (secondary N) is 2. The van der Waals surface area contributed by atoms with Crippen molar-refractivity contribution in [1.82, 2.24) is 10.6 Å². The number of hydrogen-bond acceptors (Lipinski definition) is 3. The Bertz CT molecular complexity index is 674. The summed E-state index contributed by atoms with van der Waals surface area (Å²) in [7, 11) is 1.57. The molecule has 2 aromatic rings. The minimum atomic E-state index is -0.237. The number of carbonyl (C=O) groups is 1. The lowest BCUT2D eigenvalue weighted by Gasteiger charge is -2.11. The second-order valence-electron chi connectivity index (χ2n) is 5.29. The molecule has 0 bridgehead atoms. The summed E-state index contributed by atoms with van der Waals surface area (Å²) in [5, 5.41) is 15.2. The van der Waals surface area contributed by atoms with Gasteiger partial charge in [-0.25, -0.2) is 4.79 Å². The average molecular weight is 349 g/mol. The van der Waals surface area contributed by atoms with Gasteiger partial charge in [-0.2, -0.15) is 0 Å². The van der Waals surface area contributed by atoms with E-state index in [9.17, 15) is 4.79 Å². The van der Waals surface area contributed by atoms with Gasteiger partial charge in [-0.1, -0.05) is 41.9 Å². The first-order chi connectivity index (χ1) is 11.6. The van der Waals surface area contributed by atoms with Gasteiger partial charge < -0.3 is 20.5 Å². The molecule has 2 rings (SSSR count). The second-order valence-corrected chi connectivity index (χ2v) is 5.73. The third-order valence-corrected chi connectivity index (χ3v) is 3.83. The maximum atomic E-state index is 11.9. The molecule has 0 spiro atoms. The maximum Gasteiger partial charge on any atom is 0.315 e. The summed E-state index contributed by atoms with van der Waals surface area (Å²) in [5.74, 6) is 0.645. The summed E-state index contributed by atoms with van der Waals surface area (Å²) in [6.07, 6.45) is 0.726. The van der Waals surface area contributed by atoms with E-state index in [-0.39, 0.29) is 12.6 Å². The smallest absolute Gasteiger partial charge is 0.315 e. The lowest BCUT2D eigenvalue weighted by Crippen LogP contribution is -2.36. The highest BCUT2D eigenvalue weighted by Gasteiger charge is 2.06. The molecule has 0 aromatic heterocycles. The van der Waals surface area contributed by atoms with Crippen LogP contribution in [0, 0.1) is 0 Å². The third-order valence-electron chi connectivity index (χ3n) is 3.59. The van der Waals surface area contributed by atoms with Crippen LogP contribution in [0.4, 0.5) is 4.79 Å². The van der Waals surface area contributed by atoms with Gasteiger partial charge in [0.1, 0.15) is 5.75 Å². The zero-order valence-electron chi connectivity index (χ0n) is 13.5. The fraction of sp³-hybridized carbons (Fsp3) is 0.278. The van der Waals surface area contributed by atoms with Gasteiger partial charge in [0.25, 0.3) is 0 Å². The number of hydrogen-bond donors (Lipinski definition) is 3. The summed E-state index contributed by atoms with van der Waals surface area (Å²) in [4.78, 5) is 11.9. The topological polar surface area (TPSA) is 70.6 Å². The van der Waals surface area contributed by atoms with Crippen LogP contribution in [0.1, 0.15) is 16.7 Å². The Kier molecular flexibility index (Phi) is 6.90. The van der Waals surface area contributed by atoms with Crippen LogP contribution in [-0.4, -0.2) is 24.8 Å². The van der Waals surface area contributed by atoms with Gasteiger partial charge in [0.2, 0.25) is 0 Å². The number of halogens is 1. The van der Waals surface area contributed by atoms with E-state index in [0.29, 0.717) is 23.9 Å². The van der Waals surface area contributed by atoms with Crippen LogP contribution in [0.3, 0.4) is 0 Å². The Morgan fingerprint density at radius 2 is 1.83 bits per heavy atom. The highest BCUT2D eigenvalue weighted by Crippen LogP contribution is 2.22. The predicted molar refractivity (Wildman–Crippen MR) is 94.3 cm³/mol. The Balaban J connectivity index is 1.75. The Morgan fingerprint density at radius 3 is 2.50 bits per heavy atom. The first-order valence-corrected chi connectivity index (χ1v) is 8.03. The van der Waals surface area contributed by atoms with Crippen LogP contribution >= 0.6 is 11.6 Å². The molecule has 2 aromatic carbocycles. The SMILES string of the molecule is COc1cc(Cl)ccc1CNC(=O)NCCc1ccc(CO)cc1. The molecular formula is C18H21ClN2O3.